The molecule has 0 spiro atoms. The average molecular weight is 315 g/mol. The monoisotopic (exact) mass is 315 g/mol. The van der Waals surface area contributed by atoms with Gasteiger partial charge in [0.15, 0.2) is 11.5 Å². The normalized spacial score (nSPS) is 10.1. The molecule has 0 unspecified atom stereocenters. The zero-order valence-corrected chi connectivity index (χ0v) is 14.2. The van der Waals surface area contributed by atoms with Gasteiger partial charge in [0.1, 0.15) is 5.75 Å². The topological polar surface area (TPSA) is 51.0 Å². The van der Waals surface area contributed by atoms with E-state index in [2.05, 4.69) is 4.99 Å². The minimum absolute atomic E-state index is 0.249. The summed E-state index contributed by atoms with van der Waals surface area (Å²) in [5, 5.41) is 9.37. The highest BCUT2D eigenvalue weighted by molar-refractivity contribution is 5.80. The predicted octanol–water partition coefficient (Wildman–Crippen LogP) is 4.10. The third kappa shape index (κ3) is 6.02. The molecule has 23 heavy (non-hydrogen) atoms. The van der Waals surface area contributed by atoms with E-state index in [0.29, 0.717) is 6.54 Å². The number of hydrogen-bond donors (Lipinski definition) is 1. The minimum atomic E-state index is 0.249. The Morgan fingerprint density at radius 3 is 2.39 bits per heavy atom. The molecule has 0 amide bonds. The van der Waals surface area contributed by atoms with Gasteiger partial charge >= 0.3 is 0 Å². The fourth-order valence-corrected chi connectivity index (χ4v) is 2.00. The number of ether oxygens (including phenoxy) is 2. The third-order valence-corrected chi connectivity index (χ3v) is 3.09. The van der Waals surface area contributed by atoms with Gasteiger partial charge in [0.25, 0.3) is 0 Å². The van der Waals surface area contributed by atoms with Gasteiger partial charge in [-0.1, -0.05) is 32.0 Å². The molecule has 0 saturated heterocycles. The Balaban J connectivity index is 0.00000127. The van der Waals surface area contributed by atoms with Crippen LogP contribution >= 0.6 is 0 Å². The fourth-order valence-electron chi connectivity index (χ4n) is 2.00. The number of hydrogen-bond acceptors (Lipinski definition) is 4. The lowest BCUT2D eigenvalue weighted by Crippen LogP contribution is -1.95. The van der Waals surface area contributed by atoms with Crippen molar-refractivity contribution in [3.63, 3.8) is 0 Å². The van der Waals surface area contributed by atoms with Crippen molar-refractivity contribution < 1.29 is 14.6 Å². The molecule has 0 atom stereocenters. The summed E-state index contributed by atoms with van der Waals surface area (Å²) in [6.07, 6.45) is 2.58. The van der Waals surface area contributed by atoms with Crippen molar-refractivity contribution in [1.82, 2.24) is 0 Å². The quantitative estimate of drug-likeness (QED) is 0.817. The molecule has 0 aliphatic heterocycles. The number of aliphatic imine (C=N–C) groups is 1. The number of phenolic OH excluding ortho intramolecular Hbond substituents is 1. The van der Waals surface area contributed by atoms with E-state index in [4.69, 9.17) is 9.47 Å². The Kier molecular flexibility index (Phi) is 8.29. The zero-order chi connectivity index (χ0) is 17.1. The van der Waals surface area contributed by atoms with E-state index >= 15 is 0 Å². The van der Waals surface area contributed by atoms with Crippen molar-refractivity contribution in [1.29, 1.82) is 0 Å². The van der Waals surface area contributed by atoms with Gasteiger partial charge in [-0.25, -0.2) is 0 Å². The van der Waals surface area contributed by atoms with Gasteiger partial charge < -0.3 is 14.6 Å². The molecule has 0 aliphatic carbocycles. The van der Waals surface area contributed by atoms with Crippen LogP contribution in [-0.4, -0.2) is 32.1 Å². The van der Waals surface area contributed by atoms with Gasteiger partial charge in [-0.3, -0.25) is 4.99 Å². The first kappa shape index (κ1) is 18.6. The maximum absolute atomic E-state index is 9.37. The fraction of sp³-hybridized carbons (Fsp3) is 0.316. The van der Waals surface area contributed by atoms with E-state index in [-0.39, 0.29) is 5.75 Å². The molecular weight excluding hydrogens is 290 g/mol. The Morgan fingerprint density at radius 1 is 1.00 bits per heavy atom. The van der Waals surface area contributed by atoms with Crippen LogP contribution < -0.4 is 9.47 Å². The third-order valence-electron chi connectivity index (χ3n) is 3.09. The minimum Gasteiger partial charge on any atom is -0.508 e. The first-order chi connectivity index (χ1) is 11.2. The first-order valence-corrected chi connectivity index (χ1v) is 7.72. The first-order valence-electron chi connectivity index (χ1n) is 7.72. The van der Waals surface area contributed by atoms with Crippen LogP contribution in [0.4, 0.5) is 0 Å². The number of aromatic hydroxyl groups is 1. The van der Waals surface area contributed by atoms with Gasteiger partial charge in [0.05, 0.1) is 14.2 Å². The van der Waals surface area contributed by atoms with Crippen molar-refractivity contribution in [2.24, 2.45) is 4.99 Å². The summed E-state index contributed by atoms with van der Waals surface area (Å²) >= 11 is 0. The maximum Gasteiger partial charge on any atom is 0.160 e. The summed E-state index contributed by atoms with van der Waals surface area (Å²) in [7, 11) is 3.25. The second kappa shape index (κ2) is 10.3. The van der Waals surface area contributed by atoms with Crippen LogP contribution in [0.15, 0.2) is 47.5 Å². The van der Waals surface area contributed by atoms with E-state index in [1.807, 2.05) is 38.1 Å². The van der Waals surface area contributed by atoms with Crippen LogP contribution in [0.25, 0.3) is 0 Å². The smallest absolute Gasteiger partial charge is 0.160 e. The van der Waals surface area contributed by atoms with Crippen molar-refractivity contribution in [3.05, 3.63) is 53.6 Å². The van der Waals surface area contributed by atoms with E-state index in [1.165, 1.54) is 0 Å². The lowest BCUT2D eigenvalue weighted by Gasteiger charge is -2.08. The number of nitrogens with zero attached hydrogens (tertiary/aromatic N) is 1. The number of rotatable bonds is 6. The van der Waals surface area contributed by atoms with Crippen LogP contribution in [0.1, 0.15) is 25.0 Å². The molecule has 0 heterocycles. The second-order valence-electron chi connectivity index (χ2n) is 4.57. The Labute approximate surface area is 138 Å². The van der Waals surface area contributed by atoms with Gasteiger partial charge in [-0.2, -0.15) is 0 Å². The molecule has 0 bridgehead atoms. The highest BCUT2D eigenvalue weighted by Crippen LogP contribution is 2.27. The molecule has 2 aromatic rings. The molecular formula is C19H25NO3. The molecule has 4 heteroatoms. The largest absolute Gasteiger partial charge is 0.508 e. The summed E-state index contributed by atoms with van der Waals surface area (Å²) in [5.74, 6) is 1.70. The number of methoxy groups -OCH3 is 2. The Bertz CT molecular complexity index is 624. The Hall–Kier alpha value is -2.49. The maximum atomic E-state index is 9.37. The van der Waals surface area contributed by atoms with Gasteiger partial charge in [0.2, 0.25) is 0 Å². The van der Waals surface area contributed by atoms with Crippen LogP contribution in [0.3, 0.4) is 0 Å². The summed E-state index contributed by atoms with van der Waals surface area (Å²) in [6.45, 7) is 4.67. The second-order valence-corrected chi connectivity index (χ2v) is 4.57. The highest BCUT2D eigenvalue weighted by Gasteiger charge is 2.03. The van der Waals surface area contributed by atoms with Crippen LogP contribution in [0, 0.1) is 0 Å². The van der Waals surface area contributed by atoms with E-state index < -0.39 is 0 Å². The van der Waals surface area contributed by atoms with Crippen molar-refractivity contribution in [2.45, 2.75) is 20.3 Å². The average Bonchev–Trinajstić information content (AvgIpc) is 2.60. The van der Waals surface area contributed by atoms with Crippen LogP contribution in [0.5, 0.6) is 17.2 Å². The lowest BCUT2D eigenvalue weighted by molar-refractivity contribution is 0.354. The molecule has 2 rings (SSSR count). The molecule has 0 radical (unpaired) electrons. The van der Waals surface area contributed by atoms with Crippen molar-refractivity contribution in [3.8, 4) is 17.2 Å². The van der Waals surface area contributed by atoms with E-state index in [1.54, 1.807) is 38.6 Å². The molecule has 4 nitrogen and oxygen atoms in total. The standard InChI is InChI=1S/C17H19NO3.C2H6/c1-20-16-7-6-13(11-17(16)21-2)8-9-18-12-14-4-3-5-15(19)10-14;1-2/h3-7,10-12,19H,8-9H2,1-2H3;1-2H3. The molecule has 124 valence electrons. The number of benzene rings is 2. The molecule has 1 N–H and O–H groups in total. The molecule has 0 saturated carbocycles. The van der Waals surface area contributed by atoms with Crippen molar-refractivity contribution in [2.75, 3.05) is 20.8 Å². The van der Waals surface area contributed by atoms with E-state index in [0.717, 1.165) is 29.0 Å². The SMILES string of the molecule is CC.COc1ccc(CCN=Cc2cccc(O)c2)cc1OC. The molecule has 0 aromatic heterocycles. The van der Waals surface area contributed by atoms with E-state index in [9.17, 15) is 5.11 Å². The van der Waals surface area contributed by atoms with Crippen LogP contribution in [-0.2, 0) is 6.42 Å². The van der Waals surface area contributed by atoms with Gasteiger partial charge in [-0.05, 0) is 41.8 Å². The molecule has 0 aliphatic rings. The predicted molar refractivity (Wildman–Crippen MR) is 95.2 cm³/mol. The van der Waals surface area contributed by atoms with Gasteiger partial charge in [0, 0.05) is 12.8 Å². The van der Waals surface area contributed by atoms with Gasteiger partial charge in [-0.15, -0.1) is 0 Å². The molecule has 0 fully saturated rings. The zero-order valence-electron chi connectivity index (χ0n) is 14.2. The Morgan fingerprint density at radius 2 is 1.74 bits per heavy atom. The highest BCUT2D eigenvalue weighted by atomic mass is 16.5. The van der Waals surface area contributed by atoms with Crippen molar-refractivity contribution >= 4 is 6.21 Å². The summed E-state index contributed by atoms with van der Waals surface area (Å²) in [6, 6.07) is 12.9. The lowest BCUT2D eigenvalue weighted by atomic mass is 10.1. The molecule has 2 aromatic carbocycles. The number of phenols is 1. The summed E-state index contributed by atoms with van der Waals surface area (Å²) in [4.78, 5) is 4.37. The summed E-state index contributed by atoms with van der Waals surface area (Å²) < 4.78 is 10.5. The van der Waals surface area contributed by atoms with Crippen LogP contribution in [0.2, 0.25) is 0 Å². The summed E-state index contributed by atoms with van der Waals surface area (Å²) in [5.41, 5.74) is 2.03.